The van der Waals surface area contributed by atoms with E-state index in [1.807, 2.05) is 13.8 Å². The summed E-state index contributed by atoms with van der Waals surface area (Å²) in [6.07, 6.45) is 2.43. The number of hydrogen-bond acceptors (Lipinski definition) is 2. The van der Waals surface area contributed by atoms with Crippen molar-refractivity contribution < 1.29 is 9.59 Å². The van der Waals surface area contributed by atoms with E-state index in [0.717, 1.165) is 12.6 Å². The Kier molecular flexibility index (Phi) is 2.97. The van der Waals surface area contributed by atoms with E-state index in [9.17, 15) is 9.59 Å². The molecule has 0 fully saturated rings. The fourth-order valence-corrected chi connectivity index (χ4v) is 0.825. The zero-order chi connectivity index (χ0) is 9.12. The van der Waals surface area contributed by atoms with Crippen LogP contribution in [0.25, 0.3) is 0 Å². The van der Waals surface area contributed by atoms with Crippen molar-refractivity contribution >= 4 is 12.6 Å². The second-order valence-corrected chi connectivity index (χ2v) is 3.73. The monoisotopic (exact) mass is 156 g/mol. The van der Waals surface area contributed by atoms with Crippen LogP contribution in [0.4, 0.5) is 0 Å². The predicted molar refractivity (Wildman–Crippen MR) is 44.3 cm³/mol. The molecule has 0 radical (unpaired) electrons. The topological polar surface area (TPSA) is 34.1 Å². The standard InChI is InChI=1S/C9H16O2/c1-5-9(4,7-11)8(2,3)6-10/h6-7H,5H2,1-4H3. The van der Waals surface area contributed by atoms with Crippen LogP contribution in [0, 0.1) is 10.8 Å². The molecule has 0 saturated carbocycles. The summed E-state index contributed by atoms with van der Waals surface area (Å²) >= 11 is 0. The highest BCUT2D eigenvalue weighted by molar-refractivity contribution is 5.71. The second-order valence-electron chi connectivity index (χ2n) is 3.73. The zero-order valence-electron chi connectivity index (χ0n) is 7.68. The molecule has 11 heavy (non-hydrogen) atoms. The maximum absolute atomic E-state index is 10.7. The first kappa shape index (κ1) is 10.3. The third kappa shape index (κ3) is 1.67. The highest BCUT2D eigenvalue weighted by Crippen LogP contribution is 2.37. The number of carbonyl (C=O) groups excluding carboxylic acids is 2. The fourth-order valence-electron chi connectivity index (χ4n) is 0.825. The molecule has 0 N–H and O–H groups in total. The van der Waals surface area contributed by atoms with Crippen LogP contribution in [0.2, 0.25) is 0 Å². The Hall–Kier alpha value is -0.660. The lowest BCUT2D eigenvalue weighted by molar-refractivity contribution is -0.131. The smallest absolute Gasteiger partial charge is 0.126 e. The molecule has 0 amide bonds. The Morgan fingerprint density at radius 3 is 1.64 bits per heavy atom. The van der Waals surface area contributed by atoms with Gasteiger partial charge in [0.25, 0.3) is 0 Å². The normalized spacial score (nSPS) is 17.1. The fraction of sp³-hybridized carbons (Fsp3) is 0.778. The van der Waals surface area contributed by atoms with E-state index in [1.165, 1.54) is 0 Å². The van der Waals surface area contributed by atoms with E-state index < -0.39 is 10.8 Å². The summed E-state index contributed by atoms with van der Waals surface area (Å²) in [6, 6.07) is 0. The van der Waals surface area contributed by atoms with E-state index in [0.29, 0.717) is 6.42 Å². The third-order valence-electron chi connectivity index (χ3n) is 2.76. The average Bonchev–Trinajstić information content (AvgIpc) is 2.02. The molecule has 0 aromatic rings. The average molecular weight is 156 g/mol. The minimum absolute atomic E-state index is 0.519. The van der Waals surface area contributed by atoms with Gasteiger partial charge in [-0.25, -0.2) is 0 Å². The van der Waals surface area contributed by atoms with Gasteiger partial charge < -0.3 is 9.59 Å². The van der Waals surface area contributed by atoms with E-state index in [2.05, 4.69) is 0 Å². The summed E-state index contributed by atoms with van der Waals surface area (Å²) < 4.78 is 0. The van der Waals surface area contributed by atoms with Gasteiger partial charge in [-0.15, -0.1) is 0 Å². The van der Waals surface area contributed by atoms with Crippen molar-refractivity contribution in [2.75, 3.05) is 0 Å². The van der Waals surface area contributed by atoms with Crippen molar-refractivity contribution in [3.05, 3.63) is 0 Å². The van der Waals surface area contributed by atoms with Crippen LogP contribution < -0.4 is 0 Å². The molecule has 0 spiro atoms. The lowest BCUT2D eigenvalue weighted by atomic mass is 9.67. The van der Waals surface area contributed by atoms with Crippen LogP contribution in [-0.2, 0) is 9.59 Å². The molecule has 0 aromatic carbocycles. The molecule has 1 unspecified atom stereocenters. The molecule has 2 nitrogen and oxygen atoms in total. The molecule has 0 aliphatic heterocycles. The lowest BCUT2D eigenvalue weighted by Gasteiger charge is -2.34. The Morgan fingerprint density at radius 2 is 1.55 bits per heavy atom. The third-order valence-corrected chi connectivity index (χ3v) is 2.76. The van der Waals surface area contributed by atoms with Gasteiger partial charge in [-0.05, 0) is 6.42 Å². The molecule has 2 heteroatoms. The summed E-state index contributed by atoms with van der Waals surface area (Å²) in [5.74, 6) is 0. The first-order chi connectivity index (χ1) is 4.93. The van der Waals surface area contributed by atoms with Gasteiger partial charge in [-0.3, -0.25) is 0 Å². The molecule has 0 aliphatic carbocycles. The van der Waals surface area contributed by atoms with Gasteiger partial charge in [0, 0.05) is 10.8 Å². The summed E-state index contributed by atoms with van der Waals surface area (Å²) in [4.78, 5) is 21.3. The van der Waals surface area contributed by atoms with Gasteiger partial charge in [0.1, 0.15) is 12.6 Å². The maximum atomic E-state index is 10.7. The van der Waals surface area contributed by atoms with E-state index >= 15 is 0 Å². The Balaban J connectivity index is 4.74. The molecule has 0 bridgehead atoms. The molecule has 1 atom stereocenters. The molecule has 64 valence electrons. The quantitative estimate of drug-likeness (QED) is 0.582. The van der Waals surface area contributed by atoms with Crippen LogP contribution in [0.3, 0.4) is 0 Å². The highest BCUT2D eigenvalue weighted by atomic mass is 16.1. The van der Waals surface area contributed by atoms with E-state index in [1.54, 1.807) is 13.8 Å². The Bertz CT molecular complexity index is 161. The minimum atomic E-state index is -0.552. The van der Waals surface area contributed by atoms with E-state index in [-0.39, 0.29) is 0 Å². The zero-order valence-corrected chi connectivity index (χ0v) is 7.68. The molecular weight excluding hydrogens is 140 g/mol. The van der Waals surface area contributed by atoms with Crippen LogP contribution in [0.5, 0.6) is 0 Å². The van der Waals surface area contributed by atoms with Gasteiger partial charge in [-0.2, -0.15) is 0 Å². The number of rotatable bonds is 4. The molecular formula is C9H16O2. The number of aldehydes is 2. The molecule has 0 aliphatic rings. The number of carbonyl (C=O) groups is 2. The van der Waals surface area contributed by atoms with Gasteiger partial charge in [0.2, 0.25) is 0 Å². The van der Waals surface area contributed by atoms with Crippen LogP contribution >= 0.6 is 0 Å². The summed E-state index contributed by atoms with van der Waals surface area (Å²) in [5.41, 5.74) is -1.07. The van der Waals surface area contributed by atoms with Crippen molar-refractivity contribution in [3.63, 3.8) is 0 Å². The highest BCUT2D eigenvalue weighted by Gasteiger charge is 2.39. The van der Waals surface area contributed by atoms with Crippen molar-refractivity contribution in [3.8, 4) is 0 Å². The van der Waals surface area contributed by atoms with E-state index in [4.69, 9.17) is 0 Å². The first-order valence-electron chi connectivity index (χ1n) is 3.86. The Morgan fingerprint density at radius 1 is 1.09 bits per heavy atom. The van der Waals surface area contributed by atoms with Gasteiger partial charge in [0.05, 0.1) is 0 Å². The number of hydrogen-bond donors (Lipinski definition) is 0. The Labute approximate surface area is 68.0 Å². The molecule has 0 rings (SSSR count). The molecule has 0 saturated heterocycles. The minimum Gasteiger partial charge on any atom is -0.303 e. The van der Waals surface area contributed by atoms with Crippen molar-refractivity contribution in [2.45, 2.75) is 34.1 Å². The molecule has 0 aromatic heterocycles. The van der Waals surface area contributed by atoms with Gasteiger partial charge >= 0.3 is 0 Å². The van der Waals surface area contributed by atoms with Crippen molar-refractivity contribution in [1.82, 2.24) is 0 Å². The second kappa shape index (κ2) is 3.16. The molecule has 0 heterocycles. The van der Waals surface area contributed by atoms with Crippen molar-refractivity contribution in [2.24, 2.45) is 10.8 Å². The SMILES string of the molecule is CCC(C)(C=O)C(C)(C)C=O. The summed E-state index contributed by atoms with van der Waals surface area (Å²) in [7, 11) is 0. The first-order valence-corrected chi connectivity index (χ1v) is 3.86. The maximum Gasteiger partial charge on any atom is 0.126 e. The largest absolute Gasteiger partial charge is 0.303 e. The predicted octanol–water partition coefficient (Wildman–Crippen LogP) is 1.83. The van der Waals surface area contributed by atoms with Gasteiger partial charge in [0.15, 0.2) is 0 Å². The van der Waals surface area contributed by atoms with Crippen LogP contribution in [0.1, 0.15) is 34.1 Å². The van der Waals surface area contributed by atoms with Crippen LogP contribution in [0.15, 0.2) is 0 Å². The summed E-state index contributed by atoms with van der Waals surface area (Å²) in [6.45, 7) is 7.31. The van der Waals surface area contributed by atoms with Crippen LogP contribution in [-0.4, -0.2) is 12.6 Å². The summed E-state index contributed by atoms with van der Waals surface area (Å²) in [5, 5.41) is 0. The lowest BCUT2D eigenvalue weighted by Crippen LogP contribution is -2.37. The van der Waals surface area contributed by atoms with Crippen molar-refractivity contribution in [1.29, 1.82) is 0 Å². The van der Waals surface area contributed by atoms with Gasteiger partial charge in [-0.1, -0.05) is 27.7 Å².